The molecule has 24 heavy (non-hydrogen) atoms. The van der Waals surface area contributed by atoms with Crippen LogP contribution < -0.4 is 15.4 Å². The lowest BCUT2D eigenvalue weighted by Gasteiger charge is -2.11. The molecule has 0 aromatic heterocycles. The minimum absolute atomic E-state index is 0.193. The molecular weight excluding hydrogens is 304 g/mol. The highest BCUT2D eigenvalue weighted by molar-refractivity contribution is 6.05. The first-order valence-electron chi connectivity index (χ1n) is 7.49. The van der Waals surface area contributed by atoms with Crippen LogP contribution >= 0.6 is 0 Å². The van der Waals surface area contributed by atoms with Crippen molar-refractivity contribution in [3.63, 3.8) is 0 Å². The zero-order valence-electron chi connectivity index (χ0n) is 13.9. The van der Waals surface area contributed by atoms with Crippen LogP contribution in [0.25, 0.3) is 6.08 Å². The molecule has 0 bridgehead atoms. The van der Waals surface area contributed by atoms with Gasteiger partial charge in [0.05, 0.1) is 18.5 Å². The summed E-state index contributed by atoms with van der Waals surface area (Å²) in [6, 6.07) is 12.8. The monoisotopic (exact) mass is 324 g/mol. The van der Waals surface area contributed by atoms with E-state index in [1.807, 2.05) is 43.3 Å². The van der Waals surface area contributed by atoms with Gasteiger partial charge in [0.15, 0.2) is 0 Å². The average molecular weight is 324 g/mol. The van der Waals surface area contributed by atoms with Crippen molar-refractivity contribution in [2.75, 3.05) is 17.7 Å². The topological polar surface area (TPSA) is 67.4 Å². The average Bonchev–Trinajstić information content (AvgIpc) is 2.55. The van der Waals surface area contributed by atoms with E-state index in [2.05, 4.69) is 10.6 Å². The van der Waals surface area contributed by atoms with Gasteiger partial charge in [-0.1, -0.05) is 18.2 Å². The minimum Gasteiger partial charge on any atom is -0.497 e. The fourth-order valence-electron chi connectivity index (χ4n) is 2.15. The molecule has 0 unspecified atom stereocenters. The number of methoxy groups -OCH3 is 1. The van der Waals surface area contributed by atoms with E-state index < -0.39 is 0 Å². The van der Waals surface area contributed by atoms with Gasteiger partial charge in [0, 0.05) is 13.0 Å². The largest absolute Gasteiger partial charge is 0.497 e. The lowest BCUT2D eigenvalue weighted by atomic mass is 10.1. The summed E-state index contributed by atoms with van der Waals surface area (Å²) in [5.74, 6) is 0.250. The van der Waals surface area contributed by atoms with E-state index >= 15 is 0 Å². The molecule has 2 rings (SSSR count). The van der Waals surface area contributed by atoms with Gasteiger partial charge in [-0.25, -0.2) is 0 Å². The number of amides is 2. The number of aryl methyl sites for hydroxylation is 1. The van der Waals surface area contributed by atoms with Crippen LogP contribution in [0.3, 0.4) is 0 Å². The fraction of sp³-hybridized carbons (Fsp3) is 0.158. The van der Waals surface area contributed by atoms with Gasteiger partial charge >= 0.3 is 0 Å². The highest BCUT2D eigenvalue weighted by atomic mass is 16.5. The number of nitrogens with one attached hydrogen (secondary N) is 2. The Kier molecular flexibility index (Phi) is 5.73. The molecule has 5 heteroatoms. The summed E-state index contributed by atoms with van der Waals surface area (Å²) in [5.41, 5.74) is 2.97. The Morgan fingerprint density at radius 2 is 1.83 bits per heavy atom. The standard InChI is InChI=1S/C19H20N2O3/c1-13-7-9-17(20-14(2)22)18(11-13)21-19(23)10-8-15-5-4-6-16(12-15)24-3/h4-12H,1-3H3,(H,20,22)(H,21,23)/b10-8+. The van der Waals surface area contributed by atoms with Crippen LogP contribution in [0.5, 0.6) is 5.75 Å². The molecule has 2 amide bonds. The van der Waals surface area contributed by atoms with E-state index in [1.54, 1.807) is 19.3 Å². The number of carbonyl (C=O) groups is 2. The van der Waals surface area contributed by atoms with Crippen LogP contribution in [0.2, 0.25) is 0 Å². The Morgan fingerprint density at radius 3 is 2.54 bits per heavy atom. The van der Waals surface area contributed by atoms with E-state index in [0.29, 0.717) is 11.4 Å². The molecule has 2 aromatic carbocycles. The maximum atomic E-state index is 12.1. The lowest BCUT2D eigenvalue weighted by Crippen LogP contribution is -2.13. The number of carbonyl (C=O) groups excluding carboxylic acids is 2. The van der Waals surface area contributed by atoms with Gasteiger partial charge in [0.2, 0.25) is 11.8 Å². The molecule has 0 radical (unpaired) electrons. The van der Waals surface area contributed by atoms with Gasteiger partial charge in [-0.15, -0.1) is 0 Å². The molecule has 0 heterocycles. The molecule has 0 saturated carbocycles. The van der Waals surface area contributed by atoms with Crippen LogP contribution in [0.1, 0.15) is 18.1 Å². The zero-order valence-corrected chi connectivity index (χ0v) is 13.9. The Labute approximate surface area is 141 Å². The minimum atomic E-state index is -0.282. The summed E-state index contributed by atoms with van der Waals surface area (Å²) in [4.78, 5) is 23.4. The molecule has 2 N–H and O–H groups in total. The van der Waals surface area contributed by atoms with Crippen molar-refractivity contribution < 1.29 is 14.3 Å². The molecule has 0 atom stereocenters. The first-order valence-corrected chi connectivity index (χ1v) is 7.49. The van der Waals surface area contributed by atoms with Crippen LogP contribution in [0.4, 0.5) is 11.4 Å². The summed E-state index contributed by atoms with van der Waals surface area (Å²) in [5, 5.41) is 5.48. The van der Waals surface area contributed by atoms with Crippen molar-refractivity contribution in [2.45, 2.75) is 13.8 Å². The summed E-state index contributed by atoms with van der Waals surface area (Å²) in [6.45, 7) is 3.34. The third kappa shape index (κ3) is 4.98. The van der Waals surface area contributed by atoms with Gasteiger partial charge in [0.1, 0.15) is 5.75 Å². The van der Waals surface area contributed by atoms with Gasteiger partial charge in [-0.3, -0.25) is 9.59 Å². The van der Waals surface area contributed by atoms with E-state index in [4.69, 9.17) is 4.74 Å². The molecule has 0 aliphatic heterocycles. The summed E-state index contributed by atoms with van der Waals surface area (Å²) < 4.78 is 5.15. The third-order valence-corrected chi connectivity index (χ3v) is 3.26. The van der Waals surface area contributed by atoms with Gasteiger partial charge in [-0.2, -0.15) is 0 Å². The quantitative estimate of drug-likeness (QED) is 0.826. The SMILES string of the molecule is COc1cccc(/C=C/C(=O)Nc2cc(C)ccc2NC(C)=O)c1. The number of hydrogen-bond donors (Lipinski definition) is 2. The van der Waals surface area contributed by atoms with E-state index in [0.717, 1.165) is 16.9 Å². The smallest absolute Gasteiger partial charge is 0.248 e. The summed E-state index contributed by atoms with van der Waals surface area (Å²) in [7, 11) is 1.59. The van der Waals surface area contributed by atoms with Crippen molar-refractivity contribution in [3.8, 4) is 5.75 Å². The van der Waals surface area contributed by atoms with Crippen molar-refractivity contribution >= 4 is 29.3 Å². The maximum absolute atomic E-state index is 12.1. The normalized spacial score (nSPS) is 10.5. The maximum Gasteiger partial charge on any atom is 0.248 e. The van der Waals surface area contributed by atoms with Crippen LogP contribution in [-0.4, -0.2) is 18.9 Å². The molecule has 0 saturated heterocycles. The third-order valence-electron chi connectivity index (χ3n) is 3.26. The molecule has 124 valence electrons. The number of hydrogen-bond acceptors (Lipinski definition) is 3. The summed E-state index contributed by atoms with van der Waals surface area (Å²) >= 11 is 0. The number of anilines is 2. The molecule has 5 nitrogen and oxygen atoms in total. The second-order valence-corrected chi connectivity index (χ2v) is 5.33. The number of benzene rings is 2. The molecule has 0 spiro atoms. The Balaban J connectivity index is 2.12. The fourth-order valence-corrected chi connectivity index (χ4v) is 2.15. The molecule has 0 aliphatic rings. The van der Waals surface area contributed by atoms with Crippen LogP contribution in [-0.2, 0) is 9.59 Å². The Morgan fingerprint density at radius 1 is 1.04 bits per heavy atom. The van der Waals surface area contributed by atoms with Crippen molar-refractivity contribution in [3.05, 3.63) is 59.7 Å². The second kappa shape index (κ2) is 7.97. The first-order chi connectivity index (χ1) is 11.5. The molecule has 0 fully saturated rings. The number of rotatable bonds is 5. The summed E-state index contributed by atoms with van der Waals surface area (Å²) in [6.07, 6.45) is 3.14. The van der Waals surface area contributed by atoms with Crippen molar-refractivity contribution in [2.24, 2.45) is 0 Å². The zero-order chi connectivity index (χ0) is 17.5. The molecule has 0 aliphatic carbocycles. The lowest BCUT2D eigenvalue weighted by molar-refractivity contribution is -0.114. The van der Waals surface area contributed by atoms with Gasteiger partial charge in [-0.05, 0) is 48.4 Å². The predicted octanol–water partition coefficient (Wildman–Crippen LogP) is 3.61. The highest BCUT2D eigenvalue weighted by Crippen LogP contribution is 2.23. The van der Waals surface area contributed by atoms with Crippen molar-refractivity contribution in [1.82, 2.24) is 0 Å². The van der Waals surface area contributed by atoms with E-state index in [1.165, 1.54) is 13.0 Å². The van der Waals surface area contributed by atoms with E-state index in [9.17, 15) is 9.59 Å². The number of ether oxygens (including phenoxy) is 1. The van der Waals surface area contributed by atoms with Gasteiger partial charge < -0.3 is 15.4 Å². The van der Waals surface area contributed by atoms with Crippen LogP contribution in [0.15, 0.2) is 48.5 Å². The van der Waals surface area contributed by atoms with Crippen LogP contribution in [0, 0.1) is 6.92 Å². The molecule has 2 aromatic rings. The van der Waals surface area contributed by atoms with Gasteiger partial charge in [0.25, 0.3) is 0 Å². The highest BCUT2D eigenvalue weighted by Gasteiger charge is 2.06. The Hall–Kier alpha value is -3.08. The molecular formula is C19H20N2O3. The predicted molar refractivity (Wildman–Crippen MR) is 96.1 cm³/mol. The Bertz CT molecular complexity index is 782. The van der Waals surface area contributed by atoms with E-state index in [-0.39, 0.29) is 11.8 Å². The second-order valence-electron chi connectivity index (χ2n) is 5.33. The first kappa shape index (κ1) is 17.3. The van der Waals surface area contributed by atoms with Crippen molar-refractivity contribution in [1.29, 1.82) is 0 Å².